The summed E-state index contributed by atoms with van der Waals surface area (Å²) in [7, 11) is 0. The number of carbonyl (C=O) groups is 1. The van der Waals surface area contributed by atoms with Crippen LogP contribution in [0.3, 0.4) is 0 Å². The van der Waals surface area contributed by atoms with Crippen molar-refractivity contribution in [2.24, 2.45) is 5.92 Å². The van der Waals surface area contributed by atoms with E-state index >= 15 is 0 Å². The second-order valence-corrected chi connectivity index (χ2v) is 8.87. The molecule has 3 nitrogen and oxygen atoms in total. The smallest absolute Gasteiger partial charge is 0.335 e. The quantitative estimate of drug-likeness (QED) is 0.475. The average Bonchev–Trinajstić information content (AvgIpc) is 3.61. The van der Waals surface area contributed by atoms with Gasteiger partial charge in [0.15, 0.2) is 0 Å². The molecule has 2 aromatic rings. The molecule has 0 spiro atoms. The summed E-state index contributed by atoms with van der Waals surface area (Å²) in [4.78, 5) is 15.0. The van der Waals surface area contributed by atoms with Gasteiger partial charge in [-0.3, -0.25) is 4.79 Å². The largest absolute Gasteiger partial charge is 0.416 e. The first-order valence-corrected chi connectivity index (χ1v) is 11.0. The summed E-state index contributed by atoms with van der Waals surface area (Å²) in [6.45, 7) is 0.674. The number of halogens is 8. The molecule has 2 aliphatic rings. The fourth-order valence-corrected chi connectivity index (χ4v) is 4.51. The summed E-state index contributed by atoms with van der Waals surface area (Å²) >= 11 is 0. The van der Waals surface area contributed by atoms with E-state index in [1.807, 2.05) is 0 Å². The minimum absolute atomic E-state index is 0. The van der Waals surface area contributed by atoms with E-state index in [4.69, 9.17) is 0 Å². The lowest BCUT2D eigenvalue weighted by atomic mass is 9.80. The van der Waals surface area contributed by atoms with Crippen molar-refractivity contribution in [2.75, 3.05) is 13.1 Å². The Hall–Kier alpha value is -2.33. The van der Waals surface area contributed by atoms with Gasteiger partial charge in [-0.1, -0.05) is 12.1 Å². The molecule has 1 N–H and O–H groups in total. The molecule has 1 heterocycles. The minimum Gasteiger partial charge on any atom is -0.335 e. The predicted molar refractivity (Wildman–Crippen MR) is 117 cm³/mol. The normalized spacial score (nSPS) is 20.8. The lowest BCUT2D eigenvalue weighted by Gasteiger charge is -2.36. The molecule has 4 rings (SSSR count). The lowest BCUT2D eigenvalue weighted by Crippen LogP contribution is -2.45. The van der Waals surface area contributed by atoms with Crippen LogP contribution in [-0.2, 0) is 23.7 Å². The van der Waals surface area contributed by atoms with Gasteiger partial charge >= 0.3 is 12.4 Å². The van der Waals surface area contributed by atoms with Crippen LogP contribution >= 0.6 is 12.4 Å². The summed E-state index contributed by atoms with van der Waals surface area (Å²) in [5.74, 6) is -1.51. The van der Waals surface area contributed by atoms with Gasteiger partial charge in [0.05, 0.1) is 11.1 Å². The Morgan fingerprint density at radius 1 is 0.914 bits per heavy atom. The van der Waals surface area contributed by atoms with Gasteiger partial charge in [0, 0.05) is 31.0 Å². The second kappa shape index (κ2) is 10.3. The third kappa shape index (κ3) is 6.46. The van der Waals surface area contributed by atoms with Crippen molar-refractivity contribution in [2.45, 2.75) is 50.1 Å². The highest BCUT2D eigenvalue weighted by atomic mass is 35.5. The lowest BCUT2D eigenvalue weighted by molar-refractivity contribution is -0.143. The van der Waals surface area contributed by atoms with Crippen molar-refractivity contribution in [3.63, 3.8) is 0 Å². The highest BCUT2D eigenvalue weighted by Crippen LogP contribution is 2.39. The zero-order valence-corrected chi connectivity index (χ0v) is 19.2. The van der Waals surface area contributed by atoms with Crippen molar-refractivity contribution in [1.29, 1.82) is 0 Å². The fourth-order valence-electron chi connectivity index (χ4n) is 4.51. The second-order valence-electron chi connectivity index (χ2n) is 8.87. The third-order valence-corrected chi connectivity index (χ3v) is 6.37. The molecular formula is C24H24ClF7N2O. The summed E-state index contributed by atoms with van der Waals surface area (Å²) in [5, 5.41) is 3.20. The molecule has 1 amide bonds. The Morgan fingerprint density at radius 3 is 2.00 bits per heavy atom. The Kier molecular flexibility index (Phi) is 8.06. The molecule has 11 heteroatoms. The molecule has 0 radical (unpaired) electrons. The zero-order valence-electron chi connectivity index (χ0n) is 18.4. The number of piperidine rings is 1. The standard InChI is InChI=1S/C24H23F7N2O.ClH/c25-18-3-1-15(2-4-18)21-12-32-8-7-20(21)22(34)33(19-5-6-19)13-14-9-16(23(26,27)28)11-17(10-14)24(29,30)31;/h1-4,9-11,19-21,32H,5-8,12-13H2;1H. The number of nitrogens with zero attached hydrogens (tertiary/aromatic N) is 1. The summed E-state index contributed by atoms with van der Waals surface area (Å²) in [5.41, 5.74) is -2.26. The molecule has 2 atom stereocenters. The van der Waals surface area contributed by atoms with Crippen LogP contribution in [0.15, 0.2) is 42.5 Å². The molecule has 0 bridgehead atoms. The number of hydrogen-bond acceptors (Lipinski definition) is 2. The Labute approximate surface area is 204 Å². The van der Waals surface area contributed by atoms with Gasteiger partial charge in [-0.25, -0.2) is 4.39 Å². The Balaban J connectivity index is 0.00000342. The van der Waals surface area contributed by atoms with Crippen LogP contribution in [0.25, 0.3) is 0 Å². The topological polar surface area (TPSA) is 32.3 Å². The Bertz CT molecular complexity index is 1000. The SMILES string of the molecule is Cl.O=C(C1CCNCC1c1ccc(F)cc1)N(Cc1cc(C(F)(F)F)cc(C(F)(F)F)c1)C1CC1. The maximum absolute atomic E-state index is 13.6. The van der Waals surface area contributed by atoms with E-state index in [9.17, 15) is 35.5 Å². The van der Waals surface area contributed by atoms with Crippen molar-refractivity contribution < 1.29 is 35.5 Å². The molecular weight excluding hydrogens is 501 g/mol. The number of hydrogen-bond donors (Lipinski definition) is 1. The number of rotatable bonds is 5. The molecule has 2 aromatic carbocycles. The van der Waals surface area contributed by atoms with Gasteiger partial charge in [0.2, 0.25) is 5.91 Å². The summed E-state index contributed by atoms with van der Waals surface area (Å²) < 4.78 is 93.1. The first-order chi connectivity index (χ1) is 15.9. The van der Waals surface area contributed by atoms with E-state index in [1.54, 1.807) is 12.1 Å². The maximum atomic E-state index is 13.6. The highest BCUT2D eigenvalue weighted by Gasteiger charge is 2.41. The molecule has 35 heavy (non-hydrogen) atoms. The van der Waals surface area contributed by atoms with Crippen LogP contribution in [0, 0.1) is 11.7 Å². The van der Waals surface area contributed by atoms with E-state index in [1.165, 1.54) is 17.0 Å². The van der Waals surface area contributed by atoms with Gasteiger partial charge in [-0.2, -0.15) is 26.3 Å². The molecule has 0 aromatic heterocycles. The highest BCUT2D eigenvalue weighted by molar-refractivity contribution is 5.85. The minimum atomic E-state index is -4.95. The van der Waals surface area contributed by atoms with Gasteiger partial charge in [-0.05, 0) is 67.3 Å². The van der Waals surface area contributed by atoms with Crippen molar-refractivity contribution in [3.05, 3.63) is 70.5 Å². The van der Waals surface area contributed by atoms with Gasteiger partial charge in [-0.15, -0.1) is 12.4 Å². The summed E-state index contributed by atoms with van der Waals surface area (Å²) in [6, 6.07) is 7.00. The third-order valence-electron chi connectivity index (χ3n) is 6.37. The van der Waals surface area contributed by atoms with E-state index < -0.39 is 35.2 Å². The first kappa shape index (κ1) is 27.3. The average molecular weight is 525 g/mol. The number of alkyl halides is 6. The zero-order chi connectivity index (χ0) is 24.7. The van der Waals surface area contributed by atoms with E-state index in [0.29, 0.717) is 44.5 Å². The molecule has 192 valence electrons. The number of benzene rings is 2. The molecule has 1 saturated heterocycles. The van der Waals surface area contributed by atoms with Crippen LogP contribution in [0.2, 0.25) is 0 Å². The van der Waals surface area contributed by atoms with Crippen LogP contribution in [0.4, 0.5) is 30.7 Å². The van der Waals surface area contributed by atoms with Gasteiger partial charge in [0.1, 0.15) is 5.82 Å². The van der Waals surface area contributed by atoms with Crippen LogP contribution in [-0.4, -0.2) is 29.9 Å². The molecule has 2 unspecified atom stereocenters. The molecule has 1 aliphatic heterocycles. The van der Waals surface area contributed by atoms with Crippen LogP contribution in [0.1, 0.15) is 47.4 Å². The van der Waals surface area contributed by atoms with E-state index in [0.717, 1.165) is 5.56 Å². The van der Waals surface area contributed by atoms with Crippen molar-refractivity contribution in [1.82, 2.24) is 10.2 Å². The Morgan fingerprint density at radius 2 is 1.49 bits per heavy atom. The number of amides is 1. The number of nitrogens with one attached hydrogen (secondary N) is 1. The summed E-state index contributed by atoms with van der Waals surface area (Å²) in [6.07, 6.45) is -8.16. The first-order valence-electron chi connectivity index (χ1n) is 11.0. The fraction of sp³-hybridized carbons (Fsp3) is 0.458. The van der Waals surface area contributed by atoms with Crippen LogP contribution < -0.4 is 5.32 Å². The van der Waals surface area contributed by atoms with E-state index in [2.05, 4.69) is 5.32 Å². The van der Waals surface area contributed by atoms with Crippen molar-refractivity contribution >= 4 is 18.3 Å². The monoisotopic (exact) mass is 524 g/mol. The van der Waals surface area contributed by atoms with Gasteiger partial charge in [0.25, 0.3) is 0 Å². The van der Waals surface area contributed by atoms with E-state index in [-0.39, 0.29) is 48.4 Å². The van der Waals surface area contributed by atoms with Crippen molar-refractivity contribution in [3.8, 4) is 0 Å². The number of carbonyl (C=O) groups excluding carboxylic acids is 1. The molecule has 2 fully saturated rings. The maximum Gasteiger partial charge on any atom is 0.416 e. The van der Waals surface area contributed by atoms with Gasteiger partial charge < -0.3 is 10.2 Å². The molecule has 1 saturated carbocycles. The predicted octanol–water partition coefficient (Wildman–Crippen LogP) is 6.17. The molecule has 1 aliphatic carbocycles. The van der Waals surface area contributed by atoms with Crippen LogP contribution in [0.5, 0.6) is 0 Å².